The molecule has 1 aromatic carbocycles. The molecule has 0 radical (unpaired) electrons. The van der Waals surface area contributed by atoms with Crippen LogP contribution < -0.4 is 5.73 Å². The van der Waals surface area contributed by atoms with Gasteiger partial charge in [0.2, 0.25) is 0 Å². The molecule has 2 aromatic rings. The van der Waals surface area contributed by atoms with Crippen LogP contribution in [0.4, 0.5) is 0 Å². The maximum atomic E-state index is 9.29. The van der Waals surface area contributed by atoms with Gasteiger partial charge in [-0.2, -0.15) is 0 Å². The molecule has 1 atom stereocenters. The molecule has 3 heteroatoms. The highest BCUT2D eigenvalue weighted by Gasteiger charge is 2.19. The first-order chi connectivity index (χ1) is 8.07. The highest BCUT2D eigenvalue weighted by atomic mass is 16.3. The summed E-state index contributed by atoms with van der Waals surface area (Å²) in [5.74, 6) is 0. The molecule has 0 bridgehead atoms. The molecular formula is C14H20N2O. The topological polar surface area (TPSA) is 51.2 Å². The number of aromatic nitrogens is 1. The Morgan fingerprint density at radius 3 is 2.53 bits per heavy atom. The molecule has 0 fully saturated rings. The molecule has 0 spiro atoms. The van der Waals surface area contributed by atoms with Crippen LogP contribution in [0.3, 0.4) is 0 Å². The second-order valence-electron chi connectivity index (χ2n) is 4.77. The largest absolute Gasteiger partial charge is 0.394 e. The average molecular weight is 232 g/mol. The van der Waals surface area contributed by atoms with E-state index in [1.807, 2.05) is 12.1 Å². The van der Waals surface area contributed by atoms with Gasteiger partial charge in [0, 0.05) is 22.6 Å². The van der Waals surface area contributed by atoms with Crippen LogP contribution in [0.5, 0.6) is 0 Å². The number of aliphatic hydroxyl groups excluding tert-OH is 1. The highest BCUT2D eigenvalue weighted by molar-refractivity contribution is 5.86. The van der Waals surface area contributed by atoms with E-state index in [4.69, 9.17) is 5.73 Å². The third-order valence-corrected chi connectivity index (χ3v) is 3.29. The minimum absolute atomic E-state index is 0.0209. The molecule has 3 nitrogen and oxygen atoms in total. The fourth-order valence-electron chi connectivity index (χ4n) is 2.64. The smallest absolute Gasteiger partial charge is 0.0625 e. The maximum absolute atomic E-state index is 9.29. The lowest BCUT2D eigenvalue weighted by Crippen LogP contribution is -2.16. The van der Waals surface area contributed by atoms with E-state index in [-0.39, 0.29) is 12.6 Å². The summed E-state index contributed by atoms with van der Waals surface area (Å²) in [4.78, 5) is 0. The summed E-state index contributed by atoms with van der Waals surface area (Å²) in [7, 11) is 0. The van der Waals surface area contributed by atoms with Crippen LogP contribution in [0.1, 0.15) is 37.2 Å². The molecule has 92 valence electrons. The number of hydrogen-bond donors (Lipinski definition) is 2. The summed E-state index contributed by atoms with van der Waals surface area (Å²) in [5, 5.41) is 10.4. The fraction of sp³-hybridized carbons (Fsp3) is 0.429. The quantitative estimate of drug-likeness (QED) is 0.854. The number of aliphatic hydroxyl groups is 1. The van der Waals surface area contributed by atoms with Crippen molar-refractivity contribution >= 4 is 10.9 Å². The SMILES string of the molecule is Cc1c(C(N)CO)c2ccccc2n1C(C)C. The number of fused-ring (bicyclic) bond motifs is 1. The lowest BCUT2D eigenvalue weighted by atomic mass is 10.0. The van der Waals surface area contributed by atoms with E-state index in [0.717, 1.165) is 16.6 Å². The van der Waals surface area contributed by atoms with Crippen molar-refractivity contribution in [1.29, 1.82) is 0 Å². The van der Waals surface area contributed by atoms with E-state index < -0.39 is 0 Å². The molecule has 0 aliphatic rings. The number of para-hydroxylation sites is 1. The fourth-order valence-corrected chi connectivity index (χ4v) is 2.64. The molecule has 1 unspecified atom stereocenters. The number of nitrogens with two attached hydrogens (primary N) is 1. The van der Waals surface area contributed by atoms with Crippen LogP contribution in [0.15, 0.2) is 24.3 Å². The zero-order valence-corrected chi connectivity index (χ0v) is 10.6. The monoisotopic (exact) mass is 232 g/mol. The van der Waals surface area contributed by atoms with E-state index in [9.17, 15) is 5.11 Å². The van der Waals surface area contributed by atoms with Gasteiger partial charge in [-0.3, -0.25) is 0 Å². The Balaban J connectivity index is 2.79. The standard InChI is InChI=1S/C14H20N2O/c1-9(2)16-10(3)14(12(15)8-17)11-6-4-5-7-13(11)16/h4-7,9,12,17H,8,15H2,1-3H3. The van der Waals surface area contributed by atoms with Crippen molar-refractivity contribution in [3.05, 3.63) is 35.5 Å². The summed E-state index contributed by atoms with van der Waals surface area (Å²) < 4.78 is 2.28. The first-order valence-electron chi connectivity index (χ1n) is 6.03. The molecule has 17 heavy (non-hydrogen) atoms. The van der Waals surface area contributed by atoms with Crippen LogP contribution in [-0.4, -0.2) is 16.3 Å². The van der Waals surface area contributed by atoms with Crippen molar-refractivity contribution in [2.75, 3.05) is 6.61 Å². The normalized spacial score (nSPS) is 13.5. The van der Waals surface area contributed by atoms with Gasteiger partial charge in [-0.25, -0.2) is 0 Å². The molecule has 0 aliphatic carbocycles. The van der Waals surface area contributed by atoms with Gasteiger partial charge in [0.15, 0.2) is 0 Å². The number of benzene rings is 1. The number of rotatable bonds is 3. The summed E-state index contributed by atoms with van der Waals surface area (Å²) in [6, 6.07) is 8.32. The van der Waals surface area contributed by atoms with Crippen molar-refractivity contribution in [2.45, 2.75) is 32.9 Å². The summed E-state index contributed by atoms with van der Waals surface area (Å²) in [6.45, 7) is 6.37. The second-order valence-corrected chi connectivity index (χ2v) is 4.77. The van der Waals surface area contributed by atoms with Crippen molar-refractivity contribution < 1.29 is 5.11 Å². The van der Waals surface area contributed by atoms with E-state index in [2.05, 4.69) is 37.5 Å². The van der Waals surface area contributed by atoms with Gasteiger partial charge in [0.05, 0.1) is 12.6 Å². The first-order valence-corrected chi connectivity index (χ1v) is 6.03. The minimum atomic E-state index is -0.306. The van der Waals surface area contributed by atoms with Gasteiger partial charge >= 0.3 is 0 Å². The average Bonchev–Trinajstić information content (AvgIpc) is 2.60. The van der Waals surface area contributed by atoms with Gasteiger partial charge in [-0.1, -0.05) is 18.2 Å². The molecule has 0 saturated carbocycles. The molecular weight excluding hydrogens is 212 g/mol. The van der Waals surface area contributed by atoms with Gasteiger partial charge < -0.3 is 15.4 Å². The van der Waals surface area contributed by atoms with Gasteiger partial charge in [-0.15, -0.1) is 0 Å². The van der Waals surface area contributed by atoms with Crippen molar-refractivity contribution in [1.82, 2.24) is 4.57 Å². The molecule has 1 heterocycles. The lowest BCUT2D eigenvalue weighted by Gasteiger charge is -2.14. The number of hydrogen-bond acceptors (Lipinski definition) is 2. The first kappa shape index (κ1) is 12.1. The third kappa shape index (κ3) is 1.85. The van der Waals surface area contributed by atoms with E-state index in [0.29, 0.717) is 6.04 Å². The molecule has 3 N–H and O–H groups in total. The Labute approximate surface area is 102 Å². The van der Waals surface area contributed by atoms with Crippen LogP contribution >= 0.6 is 0 Å². The molecule has 0 saturated heterocycles. The van der Waals surface area contributed by atoms with Crippen molar-refractivity contribution in [2.24, 2.45) is 5.73 Å². The molecule has 0 aliphatic heterocycles. The summed E-state index contributed by atoms with van der Waals surface area (Å²) >= 11 is 0. The summed E-state index contributed by atoms with van der Waals surface area (Å²) in [6.07, 6.45) is 0. The van der Waals surface area contributed by atoms with Crippen molar-refractivity contribution in [3.63, 3.8) is 0 Å². The maximum Gasteiger partial charge on any atom is 0.0625 e. The highest BCUT2D eigenvalue weighted by Crippen LogP contribution is 2.31. The van der Waals surface area contributed by atoms with Crippen LogP contribution in [0.2, 0.25) is 0 Å². The molecule has 1 aromatic heterocycles. The second kappa shape index (κ2) is 4.51. The zero-order valence-electron chi connectivity index (χ0n) is 10.6. The van der Waals surface area contributed by atoms with Crippen LogP contribution in [0, 0.1) is 6.92 Å². The lowest BCUT2D eigenvalue weighted by molar-refractivity contribution is 0.268. The van der Waals surface area contributed by atoms with Crippen LogP contribution in [0.25, 0.3) is 10.9 Å². The Bertz CT molecular complexity index is 528. The van der Waals surface area contributed by atoms with Crippen molar-refractivity contribution in [3.8, 4) is 0 Å². The minimum Gasteiger partial charge on any atom is -0.394 e. The van der Waals surface area contributed by atoms with E-state index >= 15 is 0 Å². The molecule has 2 rings (SSSR count). The molecule has 0 amide bonds. The Morgan fingerprint density at radius 2 is 1.94 bits per heavy atom. The Kier molecular flexibility index (Phi) is 3.22. The number of nitrogens with zero attached hydrogens (tertiary/aromatic N) is 1. The van der Waals surface area contributed by atoms with Gasteiger partial charge in [0.1, 0.15) is 0 Å². The predicted molar refractivity (Wildman–Crippen MR) is 71.1 cm³/mol. The zero-order chi connectivity index (χ0) is 12.6. The predicted octanol–water partition coefficient (Wildman–Crippen LogP) is 2.52. The van der Waals surface area contributed by atoms with Gasteiger partial charge in [0.25, 0.3) is 0 Å². The summed E-state index contributed by atoms with van der Waals surface area (Å²) in [5.41, 5.74) is 9.43. The third-order valence-electron chi connectivity index (χ3n) is 3.29. The van der Waals surface area contributed by atoms with E-state index in [1.165, 1.54) is 5.52 Å². The Morgan fingerprint density at radius 1 is 1.29 bits per heavy atom. The van der Waals surface area contributed by atoms with E-state index in [1.54, 1.807) is 0 Å². The Hall–Kier alpha value is -1.32. The van der Waals surface area contributed by atoms with Gasteiger partial charge in [-0.05, 0) is 32.4 Å². The van der Waals surface area contributed by atoms with Crippen LogP contribution in [-0.2, 0) is 0 Å².